The Hall–Kier alpha value is -6.10. The highest BCUT2D eigenvalue weighted by molar-refractivity contribution is 7.86. The van der Waals surface area contributed by atoms with E-state index < -0.39 is 52.5 Å². The van der Waals surface area contributed by atoms with E-state index in [0.29, 0.717) is 36.8 Å². The molecule has 0 saturated carbocycles. The molecule has 69 heavy (non-hydrogen) atoms. The molecule has 368 valence electrons. The van der Waals surface area contributed by atoms with E-state index in [1.54, 1.807) is 57.1 Å². The van der Waals surface area contributed by atoms with Gasteiger partial charge in [-0.15, -0.1) is 13.2 Å². The largest absolute Gasteiger partial charge is 0.391 e. The first-order valence-electron chi connectivity index (χ1n) is 22.8. The molecule has 0 radical (unpaired) electrons. The molecule has 6 N–H and O–H groups in total. The summed E-state index contributed by atoms with van der Waals surface area (Å²) in [5.41, 5.74) is 11.0. The molecule has 5 aromatic carbocycles. The highest BCUT2D eigenvalue weighted by Gasteiger charge is 2.42. The summed E-state index contributed by atoms with van der Waals surface area (Å²) in [5.74, 6) is -0.968. The van der Waals surface area contributed by atoms with E-state index in [4.69, 9.17) is 9.92 Å². The number of aryl methyl sites for hydroxylation is 3. The van der Waals surface area contributed by atoms with Gasteiger partial charge in [0, 0.05) is 32.5 Å². The minimum absolute atomic E-state index is 0.0333. The van der Waals surface area contributed by atoms with Gasteiger partial charge in [0.15, 0.2) is 0 Å². The van der Waals surface area contributed by atoms with E-state index in [-0.39, 0.29) is 35.8 Å². The summed E-state index contributed by atoms with van der Waals surface area (Å²) >= 11 is 0. The minimum Gasteiger partial charge on any atom is -0.391 e. The molecule has 0 unspecified atom stereocenters. The van der Waals surface area contributed by atoms with E-state index >= 15 is 0 Å². The van der Waals surface area contributed by atoms with Crippen LogP contribution in [0.15, 0.2) is 164 Å². The second-order valence-electron chi connectivity index (χ2n) is 17.1. The van der Waals surface area contributed by atoms with Crippen LogP contribution >= 0.6 is 0 Å². The number of aliphatic hydroxyl groups is 3. The van der Waals surface area contributed by atoms with Gasteiger partial charge in [0.2, 0.25) is 11.8 Å². The van der Waals surface area contributed by atoms with Crippen LogP contribution < -0.4 is 11.1 Å². The highest BCUT2D eigenvalue weighted by Crippen LogP contribution is 2.36. The van der Waals surface area contributed by atoms with Crippen LogP contribution in [0.5, 0.6) is 0 Å². The number of nitrogens with one attached hydrogen (secondary N) is 1. The molecule has 1 saturated heterocycles. The molecule has 2 amide bonds. The van der Waals surface area contributed by atoms with Crippen LogP contribution in [0.25, 0.3) is 0 Å². The first kappa shape index (κ1) is 55.5. The lowest BCUT2D eigenvalue weighted by molar-refractivity contribution is -0.139. The molecule has 0 bridgehead atoms. The van der Waals surface area contributed by atoms with Gasteiger partial charge in [0.1, 0.15) is 24.5 Å². The maximum absolute atomic E-state index is 13.2. The molecule has 0 aliphatic carbocycles. The predicted molar refractivity (Wildman–Crippen MR) is 270 cm³/mol. The van der Waals surface area contributed by atoms with Crippen molar-refractivity contribution in [2.45, 2.75) is 74.9 Å². The Labute approximate surface area is 408 Å². The molecule has 1 aliphatic heterocycles. The normalized spacial score (nSPS) is 17.5. The fraction of sp³-hybridized carbons (Fsp3) is 0.327. The second kappa shape index (κ2) is 27.2. The third-order valence-electron chi connectivity index (χ3n) is 12.0. The van der Waals surface area contributed by atoms with Gasteiger partial charge in [0.05, 0.1) is 36.2 Å². The third-order valence-corrected chi connectivity index (χ3v) is 13.6. The molecule has 0 aromatic heterocycles. The van der Waals surface area contributed by atoms with Gasteiger partial charge >= 0.3 is 0 Å². The van der Waals surface area contributed by atoms with Crippen LogP contribution in [0.2, 0.25) is 0 Å². The summed E-state index contributed by atoms with van der Waals surface area (Å²) in [6.07, 6.45) is 2.58. The lowest BCUT2D eigenvalue weighted by atomic mass is 9.93. The lowest BCUT2D eigenvalue weighted by Crippen LogP contribution is -2.49. The molecular weight excluding hydrogens is 893 g/mol. The predicted octanol–water partition coefficient (Wildman–Crippen LogP) is 7.03. The Balaban J connectivity index is 0.000000230. The molecule has 0 spiro atoms. The van der Waals surface area contributed by atoms with E-state index in [0.717, 1.165) is 27.8 Å². The van der Waals surface area contributed by atoms with Gasteiger partial charge in [-0.1, -0.05) is 151 Å². The van der Waals surface area contributed by atoms with Gasteiger partial charge in [-0.3, -0.25) is 13.8 Å². The number of hydrogen-bond acceptors (Lipinski definition) is 11. The smallest absolute Gasteiger partial charge is 0.297 e. The average molecular weight is 961 g/mol. The zero-order valence-electron chi connectivity index (χ0n) is 40.2. The number of benzene rings is 5. The zero-order valence-corrected chi connectivity index (χ0v) is 41.0. The molecular formula is C55H68N4O9S. The van der Waals surface area contributed by atoms with Crippen molar-refractivity contribution in [2.24, 2.45) is 17.6 Å². The van der Waals surface area contributed by atoms with Crippen LogP contribution in [-0.2, 0) is 28.7 Å². The topological polar surface area (TPSA) is 200 Å². The number of aliphatic hydroxyl groups excluding tert-OH is 3. The van der Waals surface area contributed by atoms with Gasteiger partial charge in [-0.05, 0) is 67.0 Å². The summed E-state index contributed by atoms with van der Waals surface area (Å²) in [6, 6.07) is 39.5. The minimum atomic E-state index is -3.86. The standard InChI is InChI=1S/C23H28N2O3.C17H20N2O2.C15H20O4S/c1-3-10-18-15-24-19(21(18)26)23(28)25(2)20(16-11-6-4-7-12-16)22(27)17-13-8-5-9-14-17;1-19(15(20)12-18)16(13-8-4-2-5-9-13)17(21)14-10-6-3-7-11-14;1-5-6-14(9-16)10-19-20(17,18)15-12(3)7-11(2)8-13(15)4/h3-9,11-14,18-22,24,26-27H,1,10,15H2,2H3;2-11,16-17,21H,12,18H2,1H3;5,7-9,14H,1,6,10H2,2-4H3/t18-,19-,20+,21+,22+;16-,17-;14-/m011/s1. The molecule has 14 heteroatoms. The van der Waals surface area contributed by atoms with E-state index in [1.165, 1.54) is 4.90 Å². The van der Waals surface area contributed by atoms with E-state index in [1.807, 2.05) is 128 Å². The van der Waals surface area contributed by atoms with E-state index in [9.17, 15) is 38.1 Å². The van der Waals surface area contributed by atoms with Gasteiger partial charge in [-0.25, -0.2) is 0 Å². The number of hydrogen-bond donors (Lipinski definition) is 5. The van der Waals surface area contributed by atoms with Crippen LogP contribution in [0, 0.1) is 32.6 Å². The van der Waals surface area contributed by atoms with Crippen molar-refractivity contribution < 1.29 is 42.3 Å². The Morgan fingerprint density at radius 3 is 1.59 bits per heavy atom. The second-order valence-corrected chi connectivity index (χ2v) is 18.7. The van der Waals surface area contributed by atoms with Crippen molar-refractivity contribution in [3.05, 3.63) is 198 Å². The molecule has 1 fully saturated rings. The van der Waals surface area contributed by atoms with Gasteiger partial charge < -0.3 is 41.0 Å². The number of carbonyl (C=O) groups excluding carboxylic acids is 3. The van der Waals surface area contributed by atoms with Crippen LogP contribution in [-0.4, -0.2) is 97.6 Å². The Bertz CT molecular complexity index is 2490. The fourth-order valence-corrected chi connectivity index (χ4v) is 9.87. The Morgan fingerprint density at radius 1 is 0.754 bits per heavy atom. The first-order chi connectivity index (χ1) is 33.0. The summed E-state index contributed by atoms with van der Waals surface area (Å²) < 4.78 is 29.5. The quantitative estimate of drug-likeness (QED) is 0.0324. The summed E-state index contributed by atoms with van der Waals surface area (Å²) in [5, 5.41) is 35.5. The molecule has 5 aromatic rings. The third kappa shape index (κ3) is 15.2. The maximum atomic E-state index is 13.2. The number of nitrogens with two attached hydrogens (primary N) is 1. The number of amides is 2. The number of allylic oxidation sites excluding steroid dienone is 2. The number of likely N-dealkylation sites (N-methyl/N-ethyl adjacent to an activating group) is 2. The monoisotopic (exact) mass is 960 g/mol. The zero-order chi connectivity index (χ0) is 50.7. The highest BCUT2D eigenvalue weighted by atomic mass is 32.2. The number of aldehydes is 1. The molecule has 1 heterocycles. The van der Waals surface area contributed by atoms with Crippen molar-refractivity contribution in [3.63, 3.8) is 0 Å². The molecule has 1 aliphatic rings. The fourth-order valence-electron chi connectivity index (χ4n) is 8.49. The molecule has 13 nitrogen and oxygen atoms in total. The number of nitrogens with zero attached hydrogens (tertiary/aromatic N) is 2. The van der Waals surface area contributed by atoms with Gasteiger partial charge in [-0.2, -0.15) is 8.42 Å². The number of carbonyl (C=O) groups is 3. The molecule has 6 rings (SSSR count). The SMILES string of the molecule is C=CC[C@H](C=O)COS(=O)(=O)c1c(C)cc(C)cc1C.C=CC[C@H]1CN[C@H](C(=O)N(C)[C@H](c2ccccc2)[C@H](O)c2ccccc2)[C@@H]1O.CN(C(=O)CN)[C@H](c1ccccc1)[C@H](O)c1ccccc1. The Kier molecular flexibility index (Phi) is 21.9. The van der Waals surface area contributed by atoms with Crippen molar-refractivity contribution in [1.82, 2.24) is 15.1 Å². The number of rotatable bonds is 19. The summed E-state index contributed by atoms with van der Waals surface area (Å²) in [4.78, 5) is 39.2. The van der Waals surface area contributed by atoms with E-state index in [2.05, 4.69) is 18.5 Å². The Morgan fingerprint density at radius 2 is 1.19 bits per heavy atom. The first-order valence-corrected chi connectivity index (χ1v) is 24.3. The van der Waals surface area contributed by atoms with Gasteiger partial charge in [0.25, 0.3) is 10.1 Å². The summed E-state index contributed by atoms with van der Waals surface area (Å²) in [6.45, 7) is 12.9. The van der Waals surface area contributed by atoms with Crippen molar-refractivity contribution in [2.75, 3.05) is 33.8 Å². The maximum Gasteiger partial charge on any atom is 0.297 e. The molecule has 8 atom stereocenters. The van der Waals surface area contributed by atoms with Crippen LogP contribution in [0.1, 0.15) is 76.1 Å². The summed E-state index contributed by atoms with van der Waals surface area (Å²) in [7, 11) is -0.507. The average Bonchev–Trinajstić information content (AvgIpc) is 3.72. The van der Waals surface area contributed by atoms with Crippen LogP contribution in [0.4, 0.5) is 0 Å². The van der Waals surface area contributed by atoms with Crippen molar-refractivity contribution in [1.29, 1.82) is 0 Å². The van der Waals surface area contributed by atoms with Crippen molar-refractivity contribution in [3.8, 4) is 0 Å². The lowest BCUT2D eigenvalue weighted by Gasteiger charge is -2.35. The van der Waals surface area contributed by atoms with Crippen LogP contribution in [0.3, 0.4) is 0 Å². The van der Waals surface area contributed by atoms with Crippen molar-refractivity contribution >= 4 is 28.2 Å².